The molecule has 27 heavy (non-hydrogen) atoms. The first-order valence-corrected chi connectivity index (χ1v) is 8.62. The fraction of sp³-hybridized carbons (Fsp3) is 0.200. The van der Waals surface area contributed by atoms with Crippen LogP contribution in [0.2, 0.25) is 5.02 Å². The predicted molar refractivity (Wildman–Crippen MR) is 102 cm³/mol. The van der Waals surface area contributed by atoms with E-state index in [0.29, 0.717) is 22.6 Å². The maximum absolute atomic E-state index is 13.4. The molecule has 3 aromatic rings. The lowest BCUT2D eigenvalue weighted by molar-refractivity contribution is -0.116. The average Bonchev–Trinajstić information content (AvgIpc) is 2.64. The largest absolute Gasteiger partial charge is 0.497 e. The zero-order valence-electron chi connectivity index (χ0n) is 14.8. The third kappa shape index (κ3) is 4.11. The van der Waals surface area contributed by atoms with Crippen LogP contribution in [-0.2, 0) is 11.2 Å². The summed E-state index contributed by atoms with van der Waals surface area (Å²) < 4.78 is 23.9. The van der Waals surface area contributed by atoms with Crippen LogP contribution in [0.1, 0.15) is 17.5 Å². The van der Waals surface area contributed by atoms with Gasteiger partial charge in [0.25, 0.3) is 0 Å². The summed E-state index contributed by atoms with van der Waals surface area (Å²) in [6, 6.07) is 9.25. The first-order chi connectivity index (χ1) is 12.9. The Balaban J connectivity index is 1.77. The van der Waals surface area contributed by atoms with E-state index in [9.17, 15) is 14.0 Å². The highest BCUT2D eigenvalue weighted by atomic mass is 35.5. The Morgan fingerprint density at radius 1 is 1.26 bits per heavy atom. The van der Waals surface area contributed by atoms with E-state index in [-0.39, 0.29) is 23.8 Å². The van der Waals surface area contributed by atoms with Gasteiger partial charge in [0.05, 0.1) is 12.1 Å². The second kappa shape index (κ2) is 7.80. The van der Waals surface area contributed by atoms with Gasteiger partial charge in [-0.15, -0.1) is 0 Å². The van der Waals surface area contributed by atoms with Gasteiger partial charge >= 0.3 is 5.63 Å². The minimum Gasteiger partial charge on any atom is -0.497 e. The highest BCUT2D eigenvalue weighted by Gasteiger charge is 2.14. The van der Waals surface area contributed by atoms with Crippen molar-refractivity contribution in [3.8, 4) is 5.75 Å². The summed E-state index contributed by atoms with van der Waals surface area (Å²) in [6.07, 6.45) is 0.259. The van der Waals surface area contributed by atoms with Gasteiger partial charge in [-0.3, -0.25) is 4.79 Å². The fourth-order valence-electron chi connectivity index (χ4n) is 2.83. The second-order valence-electron chi connectivity index (χ2n) is 6.03. The van der Waals surface area contributed by atoms with Crippen LogP contribution in [0.15, 0.2) is 45.6 Å². The van der Waals surface area contributed by atoms with E-state index in [1.807, 2.05) is 13.0 Å². The molecule has 0 aliphatic carbocycles. The number of halogens is 2. The van der Waals surface area contributed by atoms with Gasteiger partial charge < -0.3 is 14.5 Å². The maximum Gasteiger partial charge on any atom is 0.339 e. The van der Waals surface area contributed by atoms with Crippen molar-refractivity contribution in [2.45, 2.75) is 19.8 Å². The summed E-state index contributed by atoms with van der Waals surface area (Å²) in [4.78, 5) is 24.4. The molecule has 5 nitrogen and oxygen atoms in total. The SMILES string of the molecule is COc1ccc2c(C)c(CCC(=O)Nc3ccc(Cl)c(F)c3)c(=O)oc2c1. The van der Waals surface area contributed by atoms with Gasteiger partial charge in [-0.1, -0.05) is 11.6 Å². The van der Waals surface area contributed by atoms with Gasteiger partial charge in [0, 0.05) is 29.1 Å². The van der Waals surface area contributed by atoms with E-state index in [0.717, 1.165) is 17.0 Å². The molecule has 0 atom stereocenters. The third-order valence-electron chi connectivity index (χ3n) is 4.30. The van der Waals surface area contributed by atoms with E-state index in [1.54, 1.807) is 12.1 Å². The molecule has 7 heteroatoms. The molecule has 0 saturated heterocycles. The van der Waals surface area contributed by atoms with Crippen LogP contribution < -0.4 is 15.7 Å². The molecule has 0 radical (unpaired) electrons. The first kappa shape index (κ1) is 18.9. The number of ether oxygens (including phenoxy) is 1. The Hall–Kier alpha value is -2.86. The van der Waals surface area contributed by atoms with Crippen molar-refractivity contribution < 1.29 is 18.3 Å². The second-order valence-corrected chi connectivity index (χ2v) is 6.44. The van der Waals surface area contributed by atoms with Crippen molar-refractivity contribution in [2.24, 2.45) is 0 Å². The van der Waals surface area contributed by atoms with E-state index in [2.05, 4.69) is 5.32 Å². The monoisotopic (exact) mass is 389 g/mol. The van der Waals surface area contributed by atoms with Crippen molar-refractivity contribution in [1.82, 2.24) is 0 Å². The average molecular weight is 390 g/mol. The quantitative estimate of drug-likeness (QED) is 0.653. The molecule has 2 aromatic carbocycles. The van der Waals surface area contributed by atoms with E-state index in [1.165, 1.54) is 19.2 Å². The van der Waals surface area contributed by atoms with Crippen LogP contribution in [0.3, 0.4) is 0 Å². The van der Waals surface area contributed by atoms with Crippen LogP contribution in [0.4, 0.5) is 10.1 Å². The highest BCUT2D eigenvalue weighted by Crippen LogP contribution is 2.24. The van der Waals surface area contributed by atoms with Crippen LogP contribution in [-0.4, -0.2) is 13.0 Å². The normalized spacial score (nSPS) is 10.8. The minimum absolute atomic E-state index is 0.0194. The van der Waals surface area contributed by atoms with Crippen molar-refractivity contribution >= 4 is 34.2 Å². The van der Waals surface area contributed by atoms with E-state index < -0.39 is 11.4 Å². The van der Waals surface area contributed by atoms with Crippen molar-refractivity contribution in [1.29, 1.82) is 0 Å². The first-order valence-electron chi connectivity index (χ1n) is 8.24. The number of amides is 1. The minimum atomic E-state index is -0.615. The molecule has 0 spiro atoms. The van der Waals surface area contributed by atoms with E-state index >= 15 is 0 Å². The third-order valence-corrected chi connectivity index (χ3v) is 4.61. The van der Waals surface area contributed by atoms with Crippen molar-refractivity contribution in [3.63, 3.8) is 0 Å². The predicted octanol–water partition coefficient (Wildman–Crippen LogP) is 4.47. The summed E-state index contributed by atoms with van der Waals surface area (Å²) in [6.45, 7) is 1.81. The Labute approximate surface area is 159 Å². The number of nitrogens with one attached hydrogen (secondary N) is 1. The molecule has 0 fully saturated rings. The number of aryl methyl sites for hydroxylation is 1. The molecular formula is C20H17ClFNO4. The molecule has 0 aliphatic heterocycles. The molecule has 1 N–H and O–H groups in total. The van der Waals surface area contributed by atoms with Crippen LogP contribution in [0, 0.1) is 12.7 Å². The van der Waals surface area contributed by atoms with Crippen molar-refractivity contribution in [2.75, 3.05) is 12.4 Å². The molecule has 0 aliphatic rings. The molecule has 140 valence electrons. The Kier molecular flexibility index (Phi) is 5.46. The molecule has 1 heterocycles. The lowest BCUT2D eigenvalue weighted by Gasteiger charge is -2.09. The zero-order valence-corrected chi connectivity index (χ0v) is 15.5. The van der Waals surface area contributed by atoms with Gasteiger partial charge in [0.15, 0.2) is 0 Å². The maximum atomic E-state index is 13.4. The Morgan fingerprint density at radius 3 is 2.74 bits per heavy atom. The molecule has 1 aromatic heterocycles. The summed E-state index contributed by atoms with van der Waals surface area (Å²) in [5.41, 5.74) is 1.44. The Morgan fingerprint density at radius 2 is 2.04 bits per heavy atom. The van der Waals surface area contributed by atoms with Crippen LogP contribution in [0.25, 0.3) is 11.0 Å². The van der Waals surface area contributed by atoms with Crippen molar-refractivity contribution in [3.05, 3.63) is 68.8 Å². The van der Waals surface area contributed by atoms with Crippen LogP contribution in [0.5, 0.6) is 5.75 Å². The molecule has 1 amide bonds. The van der Waals surface area contributed by atoms with Crippen LogP contribution >= 0.6 is 11.6 Å². The molecule has 0 saturated carbocycles. The standard InChI is InChI=1S/C20H17ClFNO4/c1-11-14-5-4-13(26-2)10-18(14)27-20(25)15(11)6-8-19(24)23-12-3-7-16(21)17(22)9-12/h3-5,7,9-10H,6,8H2,1-2H3,(H,23,24). The number of rotatable bonds is 5. The fourth-order valence-corrected chi connectivity index (χ4v) is 2.94. The smallest absolute Gasteiger partial charge is 0.339 e. The number of hydrogen-bond acceptors (Lipinski definition) is 4. The summed E-state index contributed by atoms with van der Waals surface area (Å²) >= 11 is 5.62. The lowest BCUT2D eigenvalue weighted by Crippen LogP contribution is -2.16. The number of carbonyl (C=O) groups excluding carboxylic acids is 1. The topological polar surface area (TPSA) is 68.5 Å². The molecule has 0 unspecified atom stereocenters. The summed E-state index contributed by atoms with van der Waals surface area (Å²) in [7, 11) is 1.53. The van der Waals surface area contributed by atoms with Gasteiger partial charge in [-0.05, 0) is 49.2 Å². The van der Waals surface area contributed by atoms with Gasteiger partial charge in [0.2, 0.25) is 5.91 Å². The molecular weight excluding hydrogens is 373 g/mol. The van der Waals surface area contributed by atoms with Gasteiger partial charge in [-0.2, -0.15) is 0 Å². The van der Waals surface area contributed by atoms with E-state index in [4.69, 9.17) is 20.8 Å². The lowest BCUT2D eigenvalue weighted by atomic mass is 10.0. The highest BCUT2D eigenvalue weighted by molar-refractivity contribution is 6.30. The van der Waals surface area contributed by atoms with Gasteiger partial charge in [0.1, 0.15) is 17.1 Å². The summed E-state index contributed by atoms with van der Waals surface area (Å²) in [5, 5.41) is 3.35. The number of benzene rings is 2. The number of hydrogen-bond donors (Lipinski definition) is 1. The number of methoxy groups -OCH3 is 1. The number of anilines is 1. The number of carbonyl (C=O) groups is 1. The molecule has 3 rings (SSSR count). The summed E-state index contributed by atoms with van der Waals surface area (Å²) in [5.74, 6) is -0.367. The van der Waals surface area contributed by atoms with Gasteiger partial charge in [-0.25, -0.2) is 9.18 Å². The molecule has 0 bridgehead atoms. The zero-order chi connectivity index (χ0) is 19.6. The Bertz CT molecular complexity index is 1080. The number of fused-ring (bicyclic) bond motifs is 1.